The molecule has 1 aromatic heterocycles. The number of ether oxygens (including phenoxy) is 1. The Morgan fingerprint density at radius 2 is 1.91 bits per heavy atom. The van der Waals surface area contributed by atoms with Gasteiger partial charge in [-0.25, -0.2) is 13.2 Å². The lowest BCUT2D eigenvalue weighted by molar-refractivity contribution is -0.122. The number of aryl methyl sites for hydroxylation is 1. The third-order valence-electron chi connectivity index (χ3n) is 6.25. The fourth-order valence-electron chi connectivity index (χ4n) is 4.58. The zero-order valence-electron chi connectivity index (χ0n) is 18.0. The van der Waals surface area contributed by atoms with Crippen LogP contribution in [0, 0.1) is 0 Å². The number of hydrogen-bond donors (Lipinski definition) is 1. The highest BCUT2D eigenvalue weighted by Crippen LogP contribution is 2.29. The number of nitrogens with one attached hydrogen (secondary N) is 1. The van der Waals surface area contributed by atoms with Crippen molar-refractivity contribution in [3.63, 3.8) is 0 Å². The molecule has 1 unspecified atom stereocenters. The van der Waals surface area contributed by atoms with E-state index in [-0.39, 0.29) is 42.1 Å². The summed E-state index contributed by atoms with van der Waals surface area (Å²) >= 11 is 0. The summed E-state index contributed by atoms with van der Waals surface area (Å²) in [6, 6.07) is 12.2. The summed E-state index contributed by atoms with van der Waals surface area (Å²) in [7, 11) is -3.72. The topological polar surface area (TPSA) is 111 Å². The van der Waals surface area contributed by atoms with Crippen molar-refractivity contribution >= 4 is 27.0 Å². The van der Waals surface area contributed by atoms with E-state index < -0.39 is 15.8 Å². The molecule has 174 valence electrons. The normalized spacial score (nSPS) is 19.3. The van der Waals surface area contributed by atoms with Crippen molar-refractivity contribution in [1.29, 1.82) is 0 Å². The quantitative estimate of drug-likeness (QED) is 0.608. The van der Waals surface area contributed by atoms with E-state index in [1.807, 2.05) is 18.2 Å². The Labute approximate surface area is 191 Å². The zero-order chi connectivity index (χ0) is 23.0. The molecule has 2 heterocycles. The van der Waals surface area contributed by atoms with Crippen LogP contribution in [0.3, 0.4) is 0 Å². The van der Waals surface area contributed by atoms with E-state index in [1.54, 1.807) is 0 Å². The molecule has 1 N–H and O–H groups in total. The van der Waals surface area contributed by atoms with Crippen molar-refractivity contribution in [2.24, 2.45) is 0 Å². The maximum absolute atomic E-state index is 12.9. The summed E-state index contributed by atoms with van der Waals surface area (Å²) < 4.78 is 38.9. The van der Waals surface area contributed by atoms with Crippen LogP contribution in [0.1, 0.15) is 30.0 Å². The van der Waals surface area contributed by atoms with Gasteiger partial charge in [0.25, 0.3) is 0 Å². The highest BCUT2D eigenvalue weighted by molar-refractivity contribution is 7.89. The Morgan fingerprint density at radius 3 is 2.73 bits per heavy atom. The van der Waals surface area contributed by atoms with Gasteiger partial charge < -0.3 is 14.5 Å². The van der Waals surface area contributed by atoms with Crippen molar-refractivity contribution in [3.8, 4) is 0 Å². The molecule has 10 heteroatoms. The van der Waals surface area contributed by atoms with E-state index in [0.29, 0.717) is 18.7 Å². The lowest BCUT2D eigenvalue weighted by atomic mass is 9.88. The molecule has 0 bridgehead atoms. The van der Waals surface area contributed by atoms with Gasteiger partial charge in [0.1, 0.15) is 6.54 Å². The average molecular weight is 472 g/mol. The van der Waals surface area contributed by atoms with E-state index in [9.17, 15) is 18.0 Å². The highest BCUT2D eigenvalue weighted by atomic mass is 32.2. The summed E-state index contributed by atoms with van der Waals surface area (Å²) in [5.74, 6) is -1.00. The largest absolute Gasteiger partial charge is 0.420 e. The molecule has 3 aromatic rings. The van der Waals surface area contributed by atoms with Gasteiger partial charge in [-0.15, -0.1) is 0 Å². The van der Waals surface area contributed by atoms with Crippen LogP contribution in [0.2, 0.25) is 0 Å². The smallest absolute Gasteiger partial charge is 0.408 e. The first kappa shape index (κ1) is 21.9. The zero-order valence-corrected chi connectivity index (χ0v) is 18.8. The average Bonchev–Trinajstić information content (AvgIpc) is 3.14. The minimum absolute atomic E-state index is 0.0427. The van der Waals surface area contributed by atoms with Crippen molar-refractivity contribution in [3.05, 3.63) is 64.1 Å². The van der Waals surface area contributed by atoms with Crippen molar-refractivity contribution in [2.75, 3.05) is 26.3 Å². The second-order valence-electron chi connectivity index (χ2n) is 8.31. The standard InChI is InChI=1S/C23H25N3O6S/c27-22(24-19-7-3-5-16-4-1-2-6-18(16)19)15-26-20-9-8-17(14-21(20)32-23(26)28)33(29,30)25-10-12-31-13-11-25/h1-2,4,6,8-9,14,19H,3,5,7,10-13,15H2,(H,24,27). The maximum Gasteiger partial charge on any atom is 0.420 e. The van der Waals surface area contributed by atoms with E-state index in [1.165, 1.54) is 32.6 Å². The molecule has 1 aliphatic carbocycles. The van der Waals surface area contributed by atoms with Crippen molar-refractivity contribution in [1.82, 2.24) is 14.2 Å². The highest BCUT2D eigenvalue weighted by Gasteiger charge is 2.28. The first-order valence-corrected chi connectivity index (χ1v) is 12.5. The fourth-order valence-corrected chi connectivity index (χ4v) is 6.00. The molecule has 1 saturated heterocycles. The van der Waals surface area contributed by atoms with Crippen LogP contribution in [0.4, 0.5) is 0 Å². The number of fused-ring (bicyclic) bond motifs is 2. The number of benzene rings is 2. The van der Waals surface area contributed by atoms with Gasteiger partial charge in [-0.05, 0) is 42.5 Å². The first-order chi connectivity index (χ1) is 15.9. The number of amides is 1. The van der Waals surface area contributed by atoms with Crippen LogP contribution in [0.15, 0.2) is 56.6 Å². The lowest BCUT2D eigenvalue weighted by Gasteiger charge is -2.26. The van der Waals surface area contributed by atoms with Gasteiger partial charge in [-0.1, -0.05) is 24.3 Å². The molecule has 2 aliphatic rings. The number of rotatable bonds is 5. The fraction of sp³-hybridized carbons (Fsp3) is 0.391. The summed E-state index contributed by atoms with van der Waals surface area (Å²) in [6.45, 7) is 1.02. The summed E-state index contributed by atoms with van der Waals surface area (Å²) in [4.78, 5) is 25.3. The van der Waals surface area contributed by atoms with Gasteiger partial charge in [-0.2, -0.15) is 4.31 Å². The van der Waals surface area contributed by atoms with Crippen LogP contribution in [-0.4, -0.2) is 49.5 Å². The number of morpholine rings is 1. The van der Waals surface area contributed by atoms with Gasteiger partial charge in [0.05, 0.1) is 29.7 Å². The lowest BCUT2D eigenvalue weighted by Crippen LogP contribution is -2.40. The Kier molecular flexibility index (Phi) is 5.81. The second kappa shape index (κ2) is 8.77. The molecule has 5 rings (SSSR count). The Hall–Kier alpha value is -2.95. The Bertz CT molecular complexity index is 1350. The maximum atomic E-state index is 12.9. The SMILES string of the molecule is O=C(Cn1c(=O)oc2cc(S(=O)(=O)N3CCOCC3)ccc21)NC1CCCc2ccccc21. The molecule has 2 aromatic carbocycles. The molecule has 0 radical (unpaired) electrons. The molecule has 0 spiro atoms. The third-order valence-corrected chi connectivity index (χ3v) is 8.15. The van der Waals surface area contributed by atoms with E-state index in [4.69, 9.17) is 9.15 Å². The molecule has 0 saturated carbocycles. The number of sulfonamides is 1. The molecule has 9 nitrogen and oxygen atoms in total. The molecule has 1 atom stereocenters. The van der Waals surface area contributed by atoms with E-state index in [0.717, 1.165) is 24.8 Å². The summed E-state index contributed by atoms with van der Waals surface area (Å²) in [5.41, 5.74) is 2.85. The van der Waals surface area contributed by atoms with Gasteiger partial charge >= 0.3 is 5.76 Å². The van der Waals surface area contributed by atoms with Gasteiger partial charge in [0, 0.05) is 19.2 Å². The summed E-state index contributed by atoms with van der Waals surface area (Å²) in [6.07, 6.45) is 2.81. The minimum atomic E-state index is -3.72. The van der Waals surface area contributed by atoms with Gasteiger partial charge in [0.15, 0.2) is 5.58 Å². The number of carbonyl (C=O) groups is 1. The van der Waals surface area contributed by atoms with Crippen LogP contribution >= 0.6 is 0 Å². The number of oxazole rings is 1. The number of aromatic nitrogens is 1. The monoisotopic (exact) mass is 471 g/mol. The molecular formula is C23H25N3O6S. The van der Waals surface area contributed by atoms with Crippen LogP contribution in [0.25, 0.3) is 11.1 Å². The van der Waals surface area contributed by atoms with Crippen LogP contribution < -0.4 is 11.1 Å². The van der Waals surface area contributed by atoms with Crippen LogP contribution in [-0.2, 0) is 32.5 Å². The van der Waals surface area contributed by atoms with E-state index in [2.05, 4.69) is 11.4 Å². The predicted octanol–water partition coefficient (Wildman–Crippen LogP) is 1.81. The van der Waals surface area contributed by atoms with Gasteiger partial charge in [-0.3, -0.25) is 9.36 Å². The Balaban J connectivity index is 1.37. The predicted molar refractivity (Wildman–Crippen MR) is 120 cm³/mol. The van der Waals surface area contributed by atoms with Crippen molar-refractivity contribution in [2.45, 2.75) is 36.7 Å². The van der Waals surface area contributed by atoms with Crippen LogP contribution in [0.5, 0.6) is 0 Å². The first-order valence-electron chi connectivity index (χ1n) is 11.0. The second-order valence-corrected chi connectivity index (χ2v) is 10.2. The number of nitrogens with zero attached hydrogens (tertiary/aromatic N) is 2. The molecule has 1 fully saturated rings. The van der Waals surface area contributed by atoms with Gasteiger partial charge in [0.2, 0.25) is 15.9 Å². The minimum Gasteiger partial charge on any atom is -0.408 e. The molecule has 1 aliphatic heterocycles. The van der Waals surface area contributed by atoms with E-state index >= 15 is 0 Å². The Morgan fingerprint density at radius 1 is 1.12 bits per heavy atom. The molecule has 1 amide bonds. The third kappa shape index (κ3) is 4.21. The van der Waals surface area contributed by atoms with Crippen molar-refractivity contribution < 1.29 is 22.4 Å². The number of hydrogen-bond acceptors (Lipinski definition) is 6. The molecular weight excluding hydrogens is 446 g/mol. The number of carbonyl (C=O) groups excluding carboxylic acids is 1. The molecule has 33 heavy (non-hydrogen) atoms. The summed E-state index contributed by atoms with van der Waals surface area (Å²) in [5, 5.41) is 3.03.